The molecule has 0 spiro atoms. The summed E-state index contributed by atoms with van der Waals surface area (Å²) in [6.07, 6.45) is 0. The zero-order chi connectivity index (χ0) is 21.7. The Kier molecular flexibility index (Phi) is 6.66. The molecule has 3 aromatic carbocycles. The largest absolute Gasteiger partial charge is 0.322 e. The number of halogens is 1. The van der Waals surface area contributed by atoms with Gasteiger partial charge in [0.25, 0.3) is 5.91 Å². The molecule has 0 unspecified atom stereocenters. The Balaban J connectivity index is 1.62. The maximum atomic E-state index is 12.4. The molecule has 0 atom stereocenters. The van der Waals surface area contributed by atoms with E-state index in [0.29, 0.717) is 27.4 Å². The molecule has 0 heterocycles. The minimum absolute atomic E-state index is 0.0625. The van der Waals surface area contributed by atoms with Crippen LogP contribution in [0.4, 0.5) is 5.69 Å². The number of hydrogen-bond donors (Lipinski definition) is 2. The third-order valence-electron chi connectivity index (χ3n) is 4.34. The first-order chi connectivity index (χ1) is 14.2. The van der Waals surface area contributed by atoms with Crippen LogP contribution in [0, 0.1) is 0 Å². The summed E-state index contributed by atoms with van der Waals surface area (Å²) in [7, 11) is -3.73. The normalized spacial score (nSPS) is 11.1. The molecule has 0 bridgehead atoms. The van der Waals surface area contributed by atoms with Gasteiger partial charge in [0.15, 0.2) is 5.78 Å². The summed E-state index contributed by atoms with van der Waals surface area (Å²) in [5.74, 6) is -0.429. The number of sulfonamides is 1. The predicted molar refractivity (Wildman–Crippen MR) is 116 cm³/mol. The van der Waals surface area contributed by atoms with Crippen LogP contribution in [0.15, 0.2) is 77.7 Å². The van der Waals surface area contributed by atoms with E-state index >= 15 is 0 Å². The Morgan fingerprint density at radius 2 is 1.53 bits per heavy atom. The summed E-state index contributed by atoms with van der Waals surface area (Å²) in [6, 6.07) is 19.1. The van der Waals surface area contributed by atoms with Gasteiger partial charge in [0.2, 0.25) is 10.0 Å². The van der Waals surface area contributed by atoms with Crippen molar-refractivity contribution in [1.82, 2.24) is 4.72 Å². The van der Waals surface area contributed by atoms with E-state index in [2.05, 4.69) is 10.0 Å². The monoisotopic (exact) mass is 442 g/mol. The molecule has 0 aliphatic heterocycles. The fourth-order valence-electron chi connectivity index (χ4n) is 2.67. The molecule has 8 heteroatoms. The molecule has 0 saturated carbocycles. The first-order valence-corrected chi connectivity index (χ1v) is 10.9. The lowest BCUT2D eigenvalue weighted by Crippen LogP contribution is -2.23. The number of Topliss-reactive ketones (excluding diaryl/α,β-unsaturated/α-hetero) is 1. The van der Waals surface area contributed by atoms with Gasteiger partial charge in [-0.25, -0.2) is 13.1 Å². The van der Waals surface area contributed by atoms with Crippen LogP contribution in [0.2, 0.25) is 5.02 Å². The molecule has 30 heavy (non-hydrogen) atoms. The fraction of sp³-hybridized carbons (Fsp3) is 0.0909. The van der Waals surface area contributed by atoms with Gasteiger partial charge in [0.1, 0.15) is 0 Å². The summed E-state index contributed by atoms with van der Waals surface area (Å²) >= 11 is 5.91. The lowest BCUT2D eigenvalue weighted by Gasteiger charge is -2.09. The SMILES string of the molecule is CC(=O)c1ccc(S(=O)(=O)NCc2ccc(C(=O)Nc3cccc(Cl)c3)cc2)cc1. The second-order valence-electron chi connectivity index (χ2n) is 6.57. The highest BCUT2D eigenvalue weighted by molar-refractivity contribution is 7.89. The third kappa shape index (κ3) is 5.54. The average molecular weight is 443 g/mol. The van der Waals surface area contributed by atoms with Crippen molar-refractivity contribution in [3.05, 3.63) is 94.5 Å². The molecular formula is C22H19ClN2O4S. The summed E-state index contributed by atoms with van der Waals surface area (Å²) in [6.45, 7) is 1.48. The maximum Gasteiger partial charge on any atom is 0.255 e. The van der Waals surface area contributed by atoms with Gasteiger partial charge in [0.05, 0.1) is 4.90 Å². The number of amides is 1. The van der Waals surface area contributed by atoms with E-state index in [1.807, 2.05) is 0 Å². The third-order valence-corrected chi connectivity index (χ3v) is 5.99. The Hall–Kier alpha value is -3.00. The minimum Gasteiger partial charge on any atom is -0.322 e. The van der Waals surface area contributed by atoms with Crippen LogP contribution in [0.5, 0.6) is 0 Å². The summed E-state index contributed by atoms with van der Waals surface area (Å²) in [5.41, 5.74) is 2.15. The van der Waals surface area contributed by atoms with Crippen LogP contribution >= 0.6 is 11.6 Å². The Bertz CT molecular complexity index is 1170. The van der Waals surface area contributed by atoms with Gasteiger partial charge in [0, 0.05) is 28.4 Å². The van der Waals surface area contributed by atoms with Crippen molar-refractivity contribution in [3.8, 4) is 0 Å². The van der Waals surface area contributed by atoms with Gasteiger partial charge >= 0.3 is 0 Å². The number of benzene rings is 3. The topological polar surface area (TPSA) is 92.3 Å². The van der Waals surface area contributed by atoms with Crippen LogP contribution < -0.4 is 10.0 Å². The molecule has 6 nitrogen and oxygen atoms in total. The highest BCUT2D eigenvalue weighted by atomic mass is 35.5. The molecule has 0 aliphatic carbocycles. The van der Waals surface area contributed by atoms with E-state index < -0.39 is 10.0 Å². The van der Waals surface area contributed by atoms with Crippen LogP contribution in [0.3, 0.4) is 0 Å². The number of rotatable bonds is 7. The molecule has 0 fully saturated rings. The quantitative estimate of drug-likeness (QED) is 0.534. The first-order valence-electron chi connectivity index (χ1n) is 9.01. The molecular weight excluding hydrogens is 424 g/mol. The van der Waals surface area contributed by atoms with Gasteiger partial charge in [-0.15, -0.1) is 0 Å². The highest BCUT2D eigenvalue weighted by Gasteiger charge is 2.14. The van der Waals surface area contributed by atoms with Gasteiger partial charge in [-0.3, -0.25) is 9.59 Å². The molecule has 2 N–H and O–H groups in total. The van der Waals surface area contributed by atoms with Crippen molar-refractivity contribution in [2.24, 2.45) is 0 Å². The predicted octanol–water partition coefficient (Wildman–Crippen LogP) is 4.27. The highest BCUT2D eigenvalue weighted by Crippen LogP contribution is 2.16. The Labute approximate surface area is 179 Å². The van der Waals surface area contributed by atoms with Crippen molar-refractivity contribution in [2.75, 3.05) is 5.32 Å². The number of hydrogen-bond acceptors (Lipinski definition) is 4. The van der Waals surface area contributed by atoms with Crippen molar-refractivity contribution >= 4 is 39.0 Å². The van der Waals surface area contributed by atoms with E-state index in [1.165, 1.54) is 31.2 Å². The van der Waals surface area contributed by atoms with Crippen molar-refractivity contribution in [3.63, 3.8) is 0 Å². The van der Waals surface area contributed by atoms with E-state index in [0.717, 1.165) is 0 Å². The van der Waals surface area contributed by atoms with E-state index in [-0.39, 0.29) is 23.1 Å². The van der Waals surface area contributed by atoms with E-state index in [4.69, 9.17) is 11.6 Å². The van der Waals surface area contributed by atoms with Crippen LogP contribution in [0.1, 0.15) is 33.2 Å². The molecule has 0 aliphatic rings. The van der Waals surface area contributed by atoms with Gasteiger partial charge in [-0.2, -0.15) is 0 Å². The summed E-state index contributed by atoms with van der Waals surface area (Å²) in [4.78, 5) is 23.7. The van der Waals surface area contributed by atoms with E-state index in [1.54, 1.807) is 48.5 Å². The summed E-state index contributed by atoms with van der Waals surface area (Å²) < 4.78 is 27.4. The van der Waals surface area contributed by atoms with Gasteiger partial charge < -0.3 is 5.32 Å². The average Bonchev–Trinajstić information content (AvgIpc) is 2.73. The second kappa shape index (κ2) is 9.21. The molecule has 0 saturated heterocycles. The molecule has 0 aromatic heterocycles. The molecule has 154 valence electrons. The van der Waals surface area contributed by atoms with Crippen molar-refractivity contribution in [2.45, 2.75) is 18.4 Å². The number of nitrogens with one attached hydrogen (secondary N) is 2. The number of anilines is 1. The van der Waals surface area contributed by atoms with Crippen molar-refractivity contribution in [1.29, 1.82) is 0 Å². The first kappa shape index (κ1) is 21.7. The van der Waals surface area contributed by atoms with Crippen molar-refractivity contribution < 1.29 is 18.0 Å². The second-order valence-corrected chi connectivity index (χ2v) is 8.77. The smallest absolute Gasteiger partial charge is 0.255 e. The summed E-state index contributed by atoms with van der Waals surface area (Å²) in [5, 5.41) is 3.27. The number of ketones is 1. The maximum absolute atomic E-state index is 12.4. The van der Waals surface area contributed by atoms with Crippen LogP contribution in [-0.4, -0.2) is 20.1 Å². The molecule has 1 amide bonds. The standard InChI is InChI=1S/C22H19ClN2O4S/c1-15(26)17-9-11-21(12-10-17)30(28,29)24-14-16-5-7-18(8-6-16)22(27)25-20-4-2-3-19(23)13-20/h2-13,24H,14H2,1H3,(H,25,27). The molecule has 0 radical (unpaired) electrons. The molecule has 3 aromatic rings. The lowest BCUT2D eigenvalue weighted by atomic mass is 10.1. The van der Waals surface area contributed by atoms with Gasteiger partial charge in [-0.1, -0.05) is 41.9 Å². The fourth-order valence-corrected chi connectivity index (χ4v) is 3.88. The number of carbonyl (C=O) groups is 2. The van der Waals surface area contributed by atoms with Crippen LogP contribution in [-0.2, 0) is 16.6 Å². The van der Waals surface area contributed by atoms with Gasteiger partial charge in [-0.05, 0) is 55.0 Å². The zero-order valence-electron chi connectivity index (χ0n) is 16.1. The zero-order valence-corrected chi connectivity index (χ0v) is 17.6. The van der Waals surface area contributed by atoms with Crippen LogP contribution in [0.25, 0.3) is 0 Å². The Morgan fingerprint density at radius 1 is 0.900 bits per heavy atom. The Morgan fingerprint density at radius 3 is 2.13 bits per heavy atom. The van der Waals surface area contributed by atoms with E-state index in [9.17, 15) is 18.0 Å². The lowest BCUT2D eigenvalue weighted by molar-refractivity contribution is 0.101. The number of carbonyl (C=O) groups excluding carboxylic acids is 2. The molecule has 3 rings (SSSR count). The minimum atomic E-state index is -3.73.